The fraction of sp³-hybridized carbons (Fsp3) is 0.833. The topological polar surface area (TPSA) is 55.8 Å². The van der Waals surface area contributed by atoms with Crippen LogP contribution in [0.25, 0.3) is 0 Å². The van der Waals surface area contributed by atoms with Gasteiger partial charge in [0.1, 0.15) is 5.66 Å². The second-order valence-corrected chi connectivity index (χ2v) is 12.6. The molecule has 0 rings (SSSR count). The van der Waals surface area contributed by atoms with E-state index in [4.69, 9.17) is 9.05 Å². The Kier molecular flexibility index (Phi) is 7.63. The maximum absolute atomic E-state index is 12.6. The highest BCUT2D eigenvalue weighted by Gasteiger charge is 2.37. The Hall–Kier alpha value is 0.0669. The van der Waals surface area contributed by atoms with Crippen molar-refractivity contribution in [3.05, 3.63) is 11.8 Å². The van der Waals surface area contributed by atoms with Crippen LogP contribution >= 0.6 is 7.60 Å². The van der Waals surface area contributed by atoms with E-state index in [1.807, 2.05) is 6.08 Å². The molecule has 0 fully saturated rings. The van der Waals surface area contributed by atoms with Gasteiger partial charge in [0.2, 0.25) is 0 Å². The summed E-state index contributed by atoms with van der Waals surface area (Å²) >= 11 is 0. The van der Waals surface area contributed by atoms with Gasteiger partial charge < -0.3 is 14.2 Å². The number of hydrogen-bond donors (Lipinski definition) is 1. The molecule has 0 aromatic rings. The zero-order chi connectivity index (χ0) is 14.4. The van der Waals surface area contributed by atoms with Crippen LogP contribution in [0.3, 0.4) is 0 Å². The SMILES string of the molecule is CCOP(=O)(OCC)[C@H](/C=C/[Si](C)(C)C)[C@@H](C)O. The highest BCUT2D eigenvalue weighted by Crippen LogP contribution is 2.54. The van der Waals surface area contributed by atoms with Crippen LogP contribution in [0.2, 0.25) is 19.6 Å². The first kappa shape index (κ1) is 18.1. The molecule has 2 atom stereocenters. The van der Waals surface area contributed by atoms with Crippen molar-refractivity contribution in [1.82, 2.24) is 0 Å². The Morgan fingerprint density at radius 2 is 1.67 bits per heavy atom. The third kappa shape index (κ3) is 6.30. The second-order valence-electron chi connectivity index (χ2n) is 5.33. The normalized spacial score (nSPS) is 17.1. The summed E-state index contributed by atoms with van der Waals surface area (Å²) in [5.74, 6) is 0. The number of aliphatic hydroxyl groups excluding tert-OH is 1. The molecule has 0 saturated carbocycles. The van der Waals surface area contributed by atoms with Crippen LogP contribution in [0.5, 0.6) is 0 Å². The number of hydrogen-bond acceptors (Lipinski definition) is 4. The van der Waals surface area contributed by atoms with E-state index in [1.54, 1.807) is 20.8 Å². The Labute approximate surface area is 112 Å². The van der Waals surface area contributed by atoms with Crippen LogP contribution in [0.4, 0.5) is 0 Å². The first-order valence-electron chi connectivity index (χ1n) is 6.42. The molecule has 0 aliphatic rings. The molecule has 0 heterocycles. The van der Waals surface area contributed by atoms with E-state index in [-0.39, 0.29) is 0 Å². The minimum absolute atomic E-state index is 0.307. The lowest BCUT2D eigenvalue weighted by molar-refractivity contribution is 0.163. The van der Waals surface area contributed by atoms with E-state index in [0.29, 0.717) is 13.2 Å². The van der Waals surface area contributed by atoms with E-state index in [2.05, 4.69) is 25.3 Å². The molecular formula is C12H27O4PSi. The molecule has 0 amide bonds. The molecule has 0 aliphatic heterocycles. The number of rotatable bonds is 8. The average molecular weight is 294 g/mol. The summed E-state index contributed by atoms with van der Waals surface area (Å²) in [6.45, 7) is 12.3. The third-order valence-corrected chi connectivity index (χ3v) is 6.03. The minimum atomic E-state index is -3.29. The summed E-state index contributed by atoms with van der Waals surface area (Å²) in [5.41, 5.74) is 1.47. The van der Waals surface area contributed by atoms with Crippen LogP contribution in [0.1, 0.15) is 20.8 Å². The van der Waals surface area contributed by atoms with Gasteiger partial charge in [0, 0.05) is 0 Å². The first-order valence-corrected chi connectivity index (χ1v) is 11.6. The Morgan fingerprint density at radius 3 is 1.94 bits per heavy atom. The predicted octanol–water partition coefficient (Wildman–Crippen LogP) is 3.44. The lowest BCUT2D eigenvalue weighted by Crippen LogP contribution is -2.25. The third-order valence-electron chi connectivity index (χ3n) is 2.27. The summed E-state index contributed by atoms with van der Waals surface area (Å²) in [7, 11) is -4.70. The van der Waals surface area contributed by atoms with E-state index in [9.17, 15) is 9.67 Å². The van der Waals surface area contributed by atoms with Gasteiger partial charge in [-0.2, -0.15) is 0 Å². The summed E-state index contributed by atoms with van der Waals surface area (Å²) in [5, 5.41) is 9.83. The van der Waals surface area contributed by atoms with Gasteiger partial charge in [0.25, 0.3) is 0 Å². The molecule has 0 radical (unpaired) electrons. The van der Waals surface area contributed by atoms with Crippen molar-refractivity contribution in [2.24, 2.45) is 0 Å². The summed E-state index contributed by atoms with van der Waals surface area (Å²) < 4.78 is 23.2. The standard InChI is InChI=1S/C12H27O4PSi/c1-7-15-17(14,16-8-2)12(11(3)13)9-10-18(4,5)6/h9-13H,7-8H2,1-6H3/b10-9+/t11-,12-/m1/s1. The van der Waals surface area contributed by atoms with Crippen molar-refractivity contribution >= 4 is 15.7 Å². The van der Waals surface area contributed by atoms with Gasteiger partial charge in [0.05, 0.1) is 27.4 Å². The second kappa shape index (κ2) is 7.61. The molecular weight excluding hydrogens is 267 g/mol. The van der Waals surface area contributed by atoms with Crippen molar-refractivity contribution in [3.63, 3.8) is 0 Å². The molecule has 6 heteroatoms. The maximum atomic E-state index is 12.6. The van der Waals surface area contributed by atoms with Gasteiger partial charge in [-0.1, -0.05) is 31.4 Å². The molecule has 0 saturated heterocycles. The molecule has 0 bridgehead atoms. The molecule has 18 heavy (non-hydrogen) atoms. The quantitative estimate of drug-likeness (QED) is 0.550. The average Bonchev–Trinajstić information content (AvgIpc) is 2.15. The lowest BCUT2D eigenvalue weighted by Gasteiger charge is -2.26. The predicted molar refractivity (Wildman–Crippen MR) is 78.8 cm³/mol. The Bertz CT molecular complexity index is 300. The molecule has 0 spiro atoms. The highest BCUT2D eigenvalue weighted by atomic mass is 31.2. The van der Waals surface area contributed by atoms with Crippen LogP contribution < -0.4 is 0 Å². The van der Waals surface area contributed by atoms with Crippen molar-refractivity contribution in [2.75, 3.05) is 13.2 Å². The van der Waals surface area contributed by atoms with Gasteiger partial charge in [-0.05, 0) is 20.8 Å². The van der Waals surface area contributed by atoms with Crippen molar-refractivity contribution < 1.29 is 18.7 Å². The van der Waals surface area contributed by atoms with Gasteiger partial charge in [-0.25, -0.2) is 0 Å². The molecule has 0 aromatic carbocycles. The maximum Gasteiger partial charge on any atom is 0.340 e. The van der Waals surface area contributed by atoms with E-state index < -0.39 is 27.4 Å². The first-order chi connectivity index (χ1) is 8.16. The Balaban J connectivity index is 5.17. The van der Waals surface area contributed by atoms with Gasteiger partial charge in [0.15, 0.2) is 0 Å². The van der Waals surface area contributed by atoms with Gasteiger partial charge >= 0.3 is 7.60 Å². The van der Waals surface area contributed by atoms with Crippen LogP contribution in [0, 0.1) is 0 Å². The fourth-order valence-electron chi connectivity index (χ4n) is 1.49. The molecule has 1 N–H and O–H groups in total. The van der Waals surface area contributed by atoms with E-state index in [0.717, 1.165) is 0 Å². The molecule has 0 aliphatic carbocycles. The Morgan fingerprint density at radius 1 is 1.22 bits per heavy atom. The summed E-state index contributed by atoms with van der Waals surface area (Å²) in [6.07, 6.45) is 1.05. The van der Waals surface area contributed by atoms with Gasteiger partial charge in [-0.3, -0.25) is 4.57 Å². The van der Waals surface area contributed by atoms with Gasteiger partial charge in [-0.15, -0.1) is 0 Å². The monoisotopic (exact) mass is 294 g/mol. The van der Waals surface area contributed by atoms with Crippen molar-refractivity contribution in [2.45, 2.75) is 52.2 Å². The zero-order valence-corrected chi connectivity index (χ0v) is 14.2. The van der Waals surface area contributed by atoms with E-state index in [1.165, 1.54) is 0 Å². The largest absolute Gasteiger partial charge is 0.392 e. The highest BCUT2D eigenvalue weighted by molar-refractivity contribution is 7.55. The molecule has 108 valence electrons. The number of aliphatic hydroxyl groups is 1. The summed E-state index contributed by atoms with van der Waals surface area (Å²) in [6, 6.07) is 0. The van der Waals surface area contributed by atoms with Crippen LogP contribution in [-0.2, 0) is 13.6 Å². The lowest BCUT2D eigenvalue weighted by atomic mass is 10.3. The molecule has 0 unspecified atom stereocenters. The smallest absolute Gasteiger partial charge is 0.340 e. The van der Waals surface area contributed by atoms with Crippen LogP contribution in [0.15, 0.2) is 11.8 Å². The summed E-state index contributed by atoms with van der Waals surface area (Å²) in [4.78, 5) is 0. The van der Waals surface area contributed by atoms with Crippen molar-refractivity contribution in [3.8, 4) is 0 Å². The van der Waals surface area contributed by atoms with E-state index >= 15 is 0 Å². The molecule has 0 aromatic heterocycles. The zero-order valence-electron chi connectivity index (χ0n) is 12.3. The van der Waals surface area contributed by atoms with Crippen LogP contribution in [-0.4, -0.2) is 38.2 Å². The van der Waals surface area contributed by atoms with Crippen molar-refractivity contribution in [1.29, 1.82) is 0 Å². The molecule has 4 nitrogen and oxygen atoms in total. The fourth-order valence-corrected chi connectivity index (χ4v) is 4.40. The minimum Gasteiger partial charge on any atom is -0.392 e.